The lowest BCUT2D eigenvalue weighted by molar-refractivity contribution is -0.123. The highest BCUT2D eigenvalue weighted by molar-refractivity contribution is 7.99. The highest BCUT2D eigenvalue weighted by Gasteiger charge is 2.23. The molecule has 1 heterocycles. The first-order valence-electron chi connectivity index (χ1n) is 5.85. The van der Waals surface area contributed by atoms with Crippen LogP contribution in [-0.4, -0.2) is 47.8 Å². The van der Waals surface area contributed by atoms with E-state index in [-0.39, 0.29) is 24.6 Å². The van der Waals surface area contributed by atoms with E-state index in [0.29, 0.717) is 5.92 Å². The largest absolute Gasteiger partial charge is 0.394 e. The molecule has 0 spiro atoms. The van der Waals surface area contributed by atoms with E-state index in [4.69, 9.17) is 0 Å². The van der Waals surface area contributed by atoms with Crippen molar-refractivity contribution in [1.29, 1.82) is 0 Å². The maximum Gasteiger partial charge on any atom is 0.238 e. The molecule has 4 nitrogen and oxygen atoms in total. The first kappa shape index (κ1) is 13.8. The van der Waals surface area contributed by atoms with Gasteiger partial charge in [-0.05, 0) is 12.3 Å². The van der Waals surface area contributed by atoms with E-state index < -0.39 is 0 Å². The highest BCUT2D eigenvalue weighted by atomic mass is 32.2. The Balaban J connectivity index is 2.35. The van der Waals surface area contributed by atoms with Crippen molar-refractivity contribution in [1.82, 2.24) is 10.6 Å². The van der Waals surface area contributed by atoms with Crippen LogP contribution in [0.1, 0.15) is 20.3 Å². The second kappa shape index (κ2) is 7.14. The second-order valence-corrected chi connectivity index (χ2v) is 5.75. The Kier molecular flexibility index (Phi) is 6.16. The number of amides is 1. The minimum absolute atomic E-state index is 0.0176. The van der Waals surface area contributed by atoms with Gasteiger partial charge in [0.25, 0.3) is 0 Å². The lowest BCUT2D eigenvalue weighted by atomic mass is 10.0. The lowest BCUT2D eigenvalue weighted by Crippen LogP contribution is -2.52. The molecule has 94 valence electrons. The number of thioether (sulfide) groups is 1. The van der Waals surface area contributed by atoms with Gasteiger partial charge in [0.2, 0.25) is 5.91 Å². The number of rotatable bonds is 5. The van der Waals surface area contributed by atoms with Crippen LogP contribution in [0.2, 0.25) is 0 Å². The molecular weight excluding hydrogens is 224 g/mol. The maximum absolute atomic E-state index is 11.9. The van der Waals surface area contributed by atoms with Gasteiger partial charge in [-0.2, -0.15) is 11.8 Å². The summed E-state index contributed by atoms with van der Waals surface area (Å²) in [6, 6.07) is -0.207. The van der Waals surface area contributed by atoms with Crippen LogP contribution in [0.15, 0.2) is 0 Å². The molecule has 0 bridgehead atoms. The molecule has 3 N–H and O–H groups in total. The molecule has 1 saturated heterocycles. The van der Waals surface area contributed by atoms with E-state index in [0.717, 1.165) is 24.5 Å². The summed E-state index contributed by atoms with van der Waals surface area (Å²) in [5.74, 6) is 2.39. The van der Waals surface area contributed by atoms with Crippen LogP contribution >= 0.6 is 11.8 Å². The second-order valence-electron chi connectivity index (χ2n) is 4.60. The smallest absolute Gasteiger partial charge is 0.238 e. The van der Waals surface area contributed by atoms with Crippen LogP contribution in [0.4, 0.5) is 0 Å². The Labute approximate surface area is 102 Å². The molecule has 1 fully saturated rings. The molecule has 2 atom stereocenters. The molecule has 1 amide bonds. The quantitative estimate of drug-likeness (QED) is 0.649. The van der Waals surface area contributed by atoms with Gasteiger partial charge >= 0.3 is 0 Å². The van der Waals surface area contributed by atoms with E-state index in [1.807, 2.05) is 0 Å². The van der Waals surface area contributed by atoms with Crippen molar-refractivity contribution in [3.05, 3.63) is 0 Å². The standard InChI is InChI=1S/C11H22N2O2S/c1-8(2)5-9(6-14)13-11(15)10-7-16-4-3-12-10/h8-10,12,14H,3-7H2,1-2H3,(H,13,15). The van der Waals surface area contributed by atoms with Gasteiger partial charge in [-0.3, -0.25) is 4.79 Å². The van der Waals surface area contributed by atoms with Crippen molar-refractivity contribution in [3.63, 3.8) is 0 Å². The minimum atomic E-state index is -0.110. The zero-order valence-corrected chi connectivity index (χ0v) is 10.8. The van der Waals surface area contributed by atoms with Gasteiger partial charge in [0, 0.05) is 18.1 Å². The molecule has 0 saturated carbocycles. The molecule has 2 unspecified atom stereocenters. The Morgan fingerprint density at radius 3 is 2.88 bits per heavy atom. The molecule has 5 heteroatoms. The van der Waals surface area contributed by atoms with Crippen molar-refractivity contribution >= 4 is 17.7 Å². The van der Waals surface area contributed by atoms with Crippen LogP contribution in [0.3, 0.4) is 0 Å². The van der Waals surface area contributed by atoms with E-state index in [1.165, 1.54) is 0 Å². The Bertz CT molecular complexity index is 218. The summed E-state index contributed by atoms with van der Waals surface area (Å²) >= 11 is 1.79. The molecule has 16 heavy (non-hydrogen) atoms. The molecular formula is C11H22N2O2S. The van der Waals surface area contributed by atoms with E-state index in [9.17, 15) is 9.90 Å². The van der Waals surface area contributed by atoms with Crippen molar-refractivity contribution < 1.29 is 9.90 Å². The SMILES string of the molecule is CC(C)CC(CO)NC(=O)C1CSCCN1. The molecule has 0 aromatic rings. The molecule has 0 aromatic carbocycles. The molecule has 0 aromatic heterocycles. The number of carbonyl (C=O) groups excluding carboxylic acids is 1. The summed E-state index contributed by atoms with van der Waals surface area (Å²) in [5, 5.41) is 15.3. The van der Waals surface area contributed by atoms with E-state index in [1.54, 1.807) is 11.8 Å². The van der Waals surface area contributed by atoms with Gasteiger partial charge in [0.15, 0.2) is 0 Å². The summed E-state index contributed by atoms with van der Waals surface area (Å²) in [4.78, 5) is 11.9. The first-order valence-corrected chi connectivity index (χ1v) is 7.01. The summed E-state index contributed by atoms with van der Waals surface area (Å²) < 4.78 is 0. The molecule has 1 aliphatic heterocycles. The average molecular weight is 246 g/mol. The van der Waals surface area contributed by atoms with Crippen molar-refractivity contribution in [2.75, 3.05) is 24.7 Å². The number of aliphatic hydroxyl groups is 1. The van der Waals surface area contributed by atoms with Crippen LogP contribution in [-0.2, 0) is 4.79 Å². The molecule has 0 radical (unpaired) electrons. The third kappa shape index (κ3) is 4.72. The maximum atomic E-state index is 11.9. The van der Waals surface area contributed by atoms with Crippen LogP contribution in [0.25, 0.3) is 0 Å². The van der Waals surface area contributed by atoms with Gasteiger partial charge in [-0.15, -0.1) is 0 Å². The number of carbonyl (C=O) groups is 1. The highest BCUT2D eigenvalue weighted by Crippen LogP contribution is 2.09. The number of aliphatic hydroxyl groups excluding tert-OH is 1. The summed E-state index contributed by atoms with van der Waals surface area (Å²) in [7, 11) is 0. The fourth-order valence-corrected chi connectivity index (χ4v) is 2.72. The van der Waals surface area contributed by atoms with Gasteiger partial charge in [-0.1, -0.05) is 13.8 Å². The fourth-order valence-electron chi connectivity index (χ4n) is 1.78. The van der Waals surface area contributed by atoms with Crippen LogP contribution < -0.4 is 10.6 Å². The lowest BCUT2D eigenvalue weighted by Gasteiger charge is -2.25. The van der Waals surface area contributed by atoms with Gasteiger partial charge < -0.3 is 15.7 Å². The third-order valence-corrected chi connectivity index (χ3v) is 3.62. The summed E-state index contributed by atoms with van der Waals surface area (Å²) in [6.45, 7) is 5.08. The van der Waals surface area contributed by atoms with Crippen LogP contribution in [0.5, 0.6) is 0 Å². The van der Waals surface area contributed by atoms with Crippen molar-refractivity contribution in [2.24, 2.45) is 5.92 Å². The van der Waals surface area contributed by atoms with Crippen molar-refractivity contribution in [2.45, 2.75) is 32.4 Å². The Morgan fingerprint density at radius 1 is 1.62 bits per heavy atom. The topological polar surface area (TPSA) is 61.4 Å². The minimum Gasteiger partial charge on any atom is -0.394 e. The van der Waals surface area contributed by atoms with E-state index >= 15 is 0 Å². The number of hydrogen-bond donors (Lipinski definition) is 3. The van der Waals surface area contributed by atoms with E-state index in [2.05, 4.69) is 24.5 Å². The molecule has 1 rings (SSSR count). The fraction of sp³-hybridized carbons (Fsp3) is 0.909. The van der Waals surface area contributed by atoms with Gasteiger partial charge in [0.05, 0.1) is 18.7 Å². The van der Waals surface area contributed by atoms with Crippen LogP contribution in [0, 0.1) is 5.92 Å². The average Bonchev–Trinajstić information content (AvgIpc) is 2.28. The zero-order chi connectivity index (χ0) is 12.0. The number of nitrogens with one attached hydrogen (secondary N) is 2. The Hall–Kier alpha value is -0.260. The van der Waals surface area contributed by atoms with Crippen molar-refractivity contribution in [3.8, 4) is 0 Å². The predicted molar refractivity (Wildman–Crippen MR) is 67.6 cm³/mol. The molecule has 0 aliphatic carbocycles. The monoisotopic (exact) mass is 246 g/mol. The third-order valence-electron chi connectivity index (χ3n) is 2.56. The normalized spacial score (nSPS) is 23.1. The van der Waals surface area contributed by atoms with Gasteiger partial charge in [0.1, 0.15) is 0 Å². The zero-order valence-electron chi connectivity index (χ0n) is 10.0. The molecule has 1 aliphatic rings. The summed E-state index contributed by atoms with van der Waals surface area (Å²) in [5.41, 5.74) is 0. The van der Waals surface area contributed by atoms with Gasteiger partial charge in [-0.25, -0.2) is 0 Å². The number of hydrogen-bond acceptors (Lipinski definition) is 4. The summed E-state index contributed by atoms with van der Waals surface area (Å²) in [6.07, 6.45) is 0.822. The Morgan fingerprint density at radius 2 is 2.38 bits per heavy atom. The predicted octanol–water partition coefficient (Wildman–Crippen LogP) is 0.215. The first-order chi connectivity index (χ1) is 7.63.